The van der Waals surface area contributed by atoms with E-state index >= 15 is 0 Å². The Labute approximate surface area is 119 Å². The first kappa shape index (κ1) is 14.3. The summed E-state index contributed by atoms with van der Waals surface area (Å²) in [6, 6.07) is 0.542. The number of aryl methyl sites for hydroxylation is 1. The largest absolute Gasteiger partial charge is 0.335 e. The van der Waals surface area contributed by atoms with Gasteiger partial charge < -0.3 is 9.88 Å². The van der Waals surface area contributed by atoms with Crippen molar-refractivity contribution in [1.82, 2.24) is 14.9 Å². The average molecular weight is 285 g/mol. The smallest absolute Gasteiger partial charge is 0.110 e. The maximum atomic E-state index is 4.52. The molecule has 0 amide bonds. The van der Waals surface area contributed by atoms with E-state index in [4.69, 9.17) is 0 Å². The first-order valence-electron chi connectivity index (χ1n) is 6.71. The molecule has 102 valence electrons. The summed E-state index contributed by atoms with van der Waals surface area (Å²) in [7, 11) is 2.08. The lowest BCUT2D eigenvalue weighted by molar-refractivity contribution is 0.521. The molecule has 1 aliphatic heterocycles. The second kappa shape index (κ2) is 7.46. The average Bonchev–Trinajstić information content (AvgIpc) is 2.85. The molecule has 0 aromatic carbocycles. The normalized spacial score (nSPS) is 22.0. The zero-order chi connectivity index (χ0) is 12.8. The van der Waals surface area contributed by atoms with E-state index in [9.17, 15) is 0 Å². The molecule has 1 saturated heterocycles. The zero-order valence-electron chi connectivity index (χ0n) is 11.3. The maximum absolute atomic E-state index is 4.52. The zero-order valence-corrected chi connectivity index (χ0v) is 12.9. The van der Waals surface area contributed by atoms with E-state index in [0.29, 0.717) is 6.04 Å². The topological polar surface area (TPSA) is 29.9 Å². The predicted molar refractivity (Wildman–Crippen MR) is 82.6 cm³/mol. The van der Waals surface area contributed by atoms with Crippen molar-refractivity contribution in [2.45, 2.75) is 37.6 Å². The van der Waals surface area contributed by atoms with E-state index in [0.717, 1.165) is 18.2 Å². The second-order valence-electron chi connectivity index (χ2n) is 4.62. The quantitative estimate of drug-likeness (QED) is 0.868. The molecule has 0 aliphatic carbocycles. The standard InChI is InChI=1S/C13H23N3S2/c1-3-5-16-6-4-15-13(16)9-11(14-2)12-10-17-7-8-18-12/h4,6,11-12,14H,3,5,7-10H2,1-2H3. The van der Waals surface area contributed by atoms with Crippen LogP contribution < -0.4 is 5.32 Å². The van der Waals surface area contributed by atoms with Gasteiger partial charge in [-0.05, 0) is 13.5 Å². The summed E-state index contributed by atoms with van der Waals surface area (Å²) in [4.78, 5) is 4.52. The van der Waals surface area contributed by atoms with Crippen LogP contribution >= 0.6 is 23.5 Å². The molecule has 2 rings (SSSR count). The Balaban J connectivity index is 1.98. The summed E-state index contributed by atoms with van der Waals surface area (Å²) in [5.74, 6) is 5.09. The molecule has 0 bridgehead atoms. The Morgan fingerprint density at radius 3 is 3.11 bits per heavy atom. The van der Waals surface area contributed by atoms with Crippen LogP contribution in [0.15, 0.2) is 12.4 Å². The van der Waals surface area contributed by atoms with E-state index in [2.05, 4.69) is 58.6 Å². The van der Waals surface area contributed by atoms with Gasteiger partial charge in [0.2, 0.25) is 0 Å². The number of rotatable bonds is 6. The van der Waals surface area contributed by atoms with Crippen LogP contribution in [0, 0.1) is 0 Å². The summed E-state index contributed by atoms with van der Waals surface area (Å²) < 4.78 is 2.30. The molecule has 0 radical (unpaired) electrons. The molecule has 5 heteroatoms. The van der Waals surface area contributed by atoms with Crippen LogP contribution in [-0.2, 0) is 13.0 Å². The summed E-state index contributed by atoms with van der Waals surface area (Å²) in [5, 5.41) is 4.21. The Hall–Kier alpha value is -0.130. The van der Waals surface area contributed by atoms with Crippen LogP contribution in [0.4, 0.5) is 0 Å². The van der Waals surface area contributed by atoms with Crippen molar-refractivity contribution in [3.8, 4) is 0 Å². The summed E-state index contributed by atoms with van der Waals surface area (Å²) in [6.45, 7) is 3.30. The third-order valence-corrected chi connectivity index (χ3v) is 6.25. The molecule has 1 N–H and O–H groups in total. The number of nitrogens with zero attached hydrogens (tertiary/aromatic N) is 2. The van der Waals surface area contributed by atoms with Crippen LogP contribution in [0.5, 0.6) is 0 Å². The summed E-state index contributed by atoms with van der Waals surface area (Å²) >= 11 is 4.20. The number of hydrogen-bond donors (Lipinski definition) is 1. The van der Waals surface area contributed by atoms with Crippen molar-refractivity contribution >= 4 is 23.5 Å². The molecule has 0 spiro atoms. The number of nitrogens with one attached hydrogen (secondary N) is 1. The lowest BCUT2D eigenvalue weighted by Gasteiger charge is -2.29. The number of hydrogen-bond acceptors (Lipinski definition) is 4. The van der Waals surface area contributed by atoms with Gasteiger partial charge in [0.25, 0.3) is 0 Å². The lowest BCUT2D eigenvalue weighted by atomic mass is 10.1. The molecular weight excluding hydrogens is 262 g/mol. The third kappa shape index (κ3) is 3.68. The third-order valence-electron chi connectivity index (χ3n) is 3.33. The Morgan fingerprint density at radius 1 is 1.56 bits per heavy atom. The molecule has 2 unspecified atom stereocenters. The van der Waals surface area contributed by atoms with E-state index in [-0.39, 0.29) is 0 Å². The van der Waals surface area contributed by atoms with Crippen molar-refractivity contribution in [1.29, 1.82) is 0 Å². The number of thioether (sulfide) groups is 2. The first-order chi connectivity index (χ1) is 8.85. The van der Waals surface area contributed by atoms with Gasteiger partial charge in [-0.15, -0.1) is 0 Å². The Kier molecular flexibility index (Phi) is 5.92. The highest BCUT2D eigenvalue weighted by Crippen LogP contribution is 2.27. The minimum atomic E-state index is 0.542. The maximum Gasteiger partial charge on any atom is 0.110 e. The highest BCUT2D eigenvalue weighted by Gasteiger charge is 2.24. The fourth-order valence-electron chi connectivity index (χ4n) is 2.33. The van der Waals surface area contributed by atoms with Crippen molar-refractivity contribution in [2.24, 2.45) is 0 Å². The Bertz CT molecular complexity index is 348. The van der Waals surface area contributed by atoms with Crippen molar-refractivity contribution < 1.29 is 0 Å². The minimum absolute atomic E-state index is 0.542. The van der Waals surface area contributed by atoms with Gasteiger partial charge in [0.05, 0.1) is 0 Å². The van der Waals surface area contributed by atoms with Crippen LogP contribution in [-0.4, -0.2) is 45.1 Å². The van der Waals surface area contributed by atoms with Gasteiger partial charge >= 0.3 is 0 Å². The van der Waals surface area contributed by atoms with E-state index < -0.39 is 0 Å². The van der Waals surface area contributed by atoms with E-state index in [1.807, 2.05) is 6.20 Å². The molecular formula is C13H23N3S2. The highest BCUT2D eigenvalue weighted by atomic mass is 32.2. The van der Waals surface area contributed by atoms with E-state index in [1.165, 1.54) is 29.5 Å². The number of aromatic nitrogens is 2. The molecule has 1 aromatic heterocycles. The first-order valence-corrected chi connectivity index (χ1v) is 8.92. The van der Waals surface area contributed by atoms with Crippen LogP contribution in [0.3, 0.4) is 0 Å². The molecule has 2 heterocycles. The molecule has 2 atom stereocenters. The monoisotopic (exact) mass is 285 g/mol. The van der Waals surface area contributed by atoms with Crippen molar-refractivity contribution in [3.63, 3.8) is 0 Å². The Morgan fingerprint density at radius 2 is 2.44 bits per heavy atom. The van der Waals surface area contributed by atoms with Crippen molar-refractivity contribution in [3.05, 3.63) is 18.2 Å². The number of likely N-dealkylation sites (N-methyl/N-ethyl adjacent to an activating group) is 1. The second-order valence-corrected chi connectivity index (χ2v) is 7.12. The molecule has 1 fully saturated rings. The minimum Gasteiger partial charge on any atom is -0.335 e. The van der Waals surface area contributed by atoms with Gasteiger partial charge in [0, 0.05) is 53.9 Å². The highest BCUT2D eigenvalue weighted by molar-refractivity contribution is 8.06. The lowest BCUT2D eigenvalue weighted by Crippen LogP contribution is -2.41. The molecule has 18 heavy (non-hydrogen) atoms. The van der Waals surface area contributed by atoms with Crippen LogP contribution in [0.1, 0.15) is 19.2 Å². The molecule has 1 aromatic rings. The van der Waals surface area contributed by atoms with Gasteiger partial charge in [-0.25, -0.2) is 4.98 Å². The van der Waals surface area contributed by atoms with Gasteiger partial charge in [0.1, 0.15) is 5.82 Å². The van der Waals surface area contributed by atoms with Crippen molar-refractivity contribution in [2.75, 3.05) is 24.3 Å². The van der Waals surface area contributed by atoms with Gasteiger partial charge in [-0.2, -0.15) is 23.5 Å². The van der Waals surface area contributed by atoms with Crippen LogP contribution in [0.25, 0.3) is 0 Å². The number of imidazole rings is 1. The van der Waals surface area contributed by atoms with Gasteiger partial charge in [-0.3, -0.25) is 0 Å². The van der Waals surface area contributed by atoms with Gasteiger partial charge in [0.15, 0.2) is 0 Å². The summed E-state index contributed by atoms with van der Waals surface area (Å²) in [5.41, 5.74) is 0. The van der Waals surface area contributed by atoms with Crippen LogP contribution in [0.2, 0.25) is 0 Å². The fraction of sp³-hybridized carbons (Fsp3) is 0.769. The SMILES string of the molecule is CCCn1ccnc1CC(NC)C1CSCCS1. The molecule has 3 nitrogen and oxygen atoms in total. The fourth-order valence-corrected chi connectivity index (χ4v) is 5.26. The molecule has 0 saturated carbocycles. The predicted octanol–water partition coefficient (Wildman–Crippen LogP) is 2.27. The van der Waals surface area contributed by atoms with Gasteiger partial charge in [-0.1, -0.05) is 6.92 Å². The van der Waals surface area contributed by atoms with E-state index in [1.54, 1.807) is 0 Å². The molecule has 1 aliphatic rings. The summed E-state index contributed by atoms with van der Waals surface area (Å²) in [6.07, 6.45) is 6.25.